The second-order valence-corrected chi connectivity index (χ2v) is 22.9. The van der Waals surface area contributed by atoms with Crippen molar-refractivity contribution in [2.24, 2.45) is 67.5 Å². The van der Waals surface area contributed by atoms with E-state index in [4.69, 9.17) is 4.74 Å². The standard InChI is InChI=1S/C53H72O8/c1-6-61-29-36-34-13-12-32(31(2)55)23-33(34)24-37-35(36)14-20-51-21-15-41-49(5,45(60)28-54)42(57)16-22-52(37,41)46(51)40(56)25-38-39-26-47(3)17-8-7-11-43(58)53(39,44(59)27-48(38,51)4)50(30-47)18-9-10-19-50/h12-13,23-25,31,35,37,39,41-46,54-55,57-60H,6,8-10,14-22,26-30H2,1-5H3/t31-,35+,37-,39+,41+,42-,43-,44-,45+,46-,47+,48+,49-,51+,52+,53+/m0/s1. The van der Waals surface area contributed by atoms with E-state index < -0.39 is 70.1 Å². The number of fused-ring (bicyclic) bond motifs is 6. The lowest BCUT2D eigenvalue weighted by Crippen LogP contribution is -2.74. The highest BCUT2D eigenvalue weighted by Gasteiger charge is 2.79. The van der Waals surface area contributed by atoms with Crippen LogP contribution in [-0.4, -0.2) is 80.7 Å². The Hall–Kier alpha value is -2.35. The van der Waals surface area contributed by atoms with Crippen molar-refractivity contribution in [3.05, 3.63) is 45.8 Å². The van der Waals surface area contributed by atoms with E-state index in [0.717, 1.165) is 85.8 Å². The van der Waals surface area contributed by atoms with Crippen LogP contribution in [0.15, 0.2) is 29.8 Å². The minimum absolute atomic E-state index is 0.0173. The van der Waals surface area contributed by atoms with Gasteiger partial charge in [-0.05, 0) is 175 Å². The van der Waals surface area contributed by atoms with Crippen LogP contribution in [0, 0.1) is 79.3 Å². The fraction of sp³-hybridized carbons (Fsp3) is 0.755. The quantitative estimate of drug-likeness (QED) is 0.202. The number of ketones is 1. The lowest BCUT2D eigenvalue weighted by atomic mass is 9.29. The van der Waals surface area contributed by atoms with Gasteiger partial charge in [0.1, 0.15) is 6.10 Å². The summed E-state index contributed by atoms with van der Waals surface area (Å²) in [6.07, 6.45) is 11.9. The Bertz CT molecular complexity index is 2190. The van der Waals surface area contributed by atoms with E-state index >= 15 is 4.79 Å². The fourth-order valence-electron chi connectivity index (χ4n) is 18.5. The van der Waals surface area contributed by atoms with Crippen LogP contribution in [0.25, 0.3) is 11.6 Å². The molecule has 3 spiro atoms. The molecule has 6 fully saturated rings. The van der Waals surface area contributed by atoms with Gasteiger partial charge in [-0.15, -0.1) is 5.92 Å². The third-order valence-electron chi connectivity index (χ3n) is 20.9. The van der Waals surface area contributed by atoms with E-state index in [9.17, 15) is 30.6 Å². The zero-order valence-corrected chi connectivity index (χ0v) is 37.4. The molecule has 10 aliphatic rings. The number of carbonyl (C=O) groups excluding carboxylic acids is 1. The summed E-state index contributed by atoms with van der Waals surface area (Å²) in [5.74, 6) is 5.78. The Kier molecular flexibility index (Phi) is 10.0. The first-order valence-electron chi connectivity index (χ1n) is 24.2. The first-order valence-corrected chi connectivity index (χ1v) is 24.2. The molecule has 0 amide bonds. The SMILES string of the molecule is CCOCC1=c2ccc([C@H](C)O)cc2=C[C@H]2[C@@H]1CC[C@@]13CC[C@@H]4[C@](C)([C@H](O)CO)[C@@H](O)CC[C@]42[C@H]1C(=O)C=C1[C@H]2C[C@@]4(C)CCC#C[C@H](O)[C@]2([C@@H](O)C[C@]13C)C1(CCCC1)C4. The Labute approximate surface area is 363 Å². The van der Waals surface area contributed by atoms with Gasteiger partial charge >= 0.3 is 0 Å². The first kappa shape index (κ1) is 42.6. The summed E-state index contributed by atoms with van der Waals surface area (Å²) in [5, 5.41) is 73.8. The van der Waals surface area contributed by atoms with E-state index in [0.29, 0.717) is 45.3 Å². The molecule has 10 aliphatic carbocycles. The molecule has 61 heavy (non-hydrogen) atoms. The van der Waals surface area contributed by atoms with Crippen LogP contribution < -0.4 is 10.4 Å². The highest BCUT2D eigenvalue weighted by Crippen LogP contribution is 2.82. The summed E-state index contributed by atoms with van der Waals surface area (Å²) < 4.78 is 6.34. The van der Waals surface area contributed by atoms with E-state index in [1.165, 1.54) is 5.57 Å². The third-order valence-corrected chi connectivity index (χ3v) is 20.9. The van der Waals surface area contributed by atoms with Gasteiger partial charge in [0.15, 0.2) is 5.78 Å². The number of ether oxygens (including phenoxy) is 1. The lowest BCUT2D eigenvalue weighted by molar-refractivity contribution is -0.266. The predicted molar refractivity (Wildman–Crippen MR) is 233 cm³/mol. The molecule has 0 aromatic heterocycles. The maximum Gasteiger partial charge on any atom is 0.159 e. The average Bonchev–Trinajstić information content (AvgIpc) is 3.69. The topological polar surface area (TPSA) is 148 Å². The molecule has 6 N–H and O–H groups in total. The van der Waals surface area contributed by atoms with Crippen molar-refractivity contribution in [2.75, 3.05) is 19.8 Å². The van der Waals surface area contributed by atoms with Crippen LogP contribution in [-0.2, 0) is 9.53 Å². The Morgan fingerprint density at radius 3 is 2.41 bits per heavy atom. The Morgan fingerprint density at radius 1 is 0.934 bits per heavy atom. The number of carbonyl (C=O) groups is 1. The number of benzene rings is 1. The molecule has 332 valence electrons. The van der Waals surface area contributed by atoms with Gasteiger partial charge in [-0.1, -0.05) is 63.3 Å². The summed E-state index contributed by atoms with van der Waals surface area (Å²) >= 11 is 0. The van der Waals surface area contributed by atoms with Crippen molar-refractivity contribution in [2.45, 2.75) is 161 Å². The molecule has 0 aliphatic heterocycles. The Morgan fingerprint density at radius 2 is 1.69 bits per heavy atom. The highest BCUT2D eigenvalue weighted by molar-refractivity contribution is 5.96. The van der Waals surface area contributed by atoms with E-state index in [-0.39, 0.29) is 40.3 Å². The van der Waals surface area contributed by atoms with Gasteiger partial charge in [0.2, 0.25) is 0 Å². The lowest BCUT2D eigenvalue weighted by Gasteiger charge is -2.75. The van der Waals surface area contributed by atoms with Crippen molar-refractivity contribution in [1.82, 2.24) is 0 Å². The number of aliphatic hydroxyl groups excluding tert-OH is 6. The molecular weight excluding hydrogens is 765 g/mol. The minimum Gasteiger partial charge on any atom is -0.394 e. The van der Waals surface area contributed by atoms with Crippen LogP contribution in [0.2, 0.25) is 0 Å². The van der Waals surface area contributed by atoms with Crippen molar-refractivity contribution < 1.29 is 40.2 Å². The molecule has 1 aromatic carbocycles. The predicted octanol–water partition coefficient (Wildman–Crippen LogP) is 5.66. The molecule has 4 bridgehead atoms. The molecular formula is C53H72O8. The second-order valence-electron chi connectivity index (χ2n) is 22.9. The zero-order chi connectivity index (χ0) is 43.1. The van der Waals surface area contributed by atoms with Gasteiger partial charge in [0.25, 0.3) is 0 Å². The maximum absolute atomic E-state index is 16.3. The molecule has 0 saturated heterocycles. The second kappa shape index (κ2) is 14.3. The summed E-state index contributed by atoms with van der Waals surface area (Å²) in [6, 6.07) is 6.27. The van der Waals surface area contributed by atoms with Gasteiger partial charge in [-0.2, -0.15) is 0 Å². The van der Waals surface area contributed by atoms with Gasteiger partial charge in [-0.3, -0.25) is 4.79 Å². The van der Waals surface area contributed by atoms with Crippen molar-refractivity contribution >= 4 is 17.4 Å². The average molecular weight is 837 g/mol. The molecule has 1 aromatic rings. The summed E-state index contributed by atoms with van der Waals surface area (Å²) in [4.78, 5) is 16.3. The molecule has 8 nitrogen and oxygen atoms in total. The van der Waals surface area contributed by atoms with Gasteiger partial charge in [-0.25, -0.2) is 0 Å². The monoisotopic (exact) mass is 837 g/mol. The number of aliphatic hydroxyl groups is 6. The van der Waals surface area contributed by atoms with Gasteiger partial charge in [0, 0.05) is 29.8 Å². The molecule has 6 saturated carbocycles. The first-order chi connectivity index (χ1) is 29.0. The van der Waals surface area contributed by atoms with Crippen LogP contribution >= 0.6 is 0 Å². The molecule has 0 radical (unpaired) electrons. The van der Waals surface area contributed by atoms with Gasteiger partial charge < -0.3 is 35.4 Å². The third kappa shape index (κ3) is 5.29. The van der Waals surface area contributed by atoms with Crippen molar-refractivity contribution in [1.29, 1.82) is 0 Å². The number of hydrogen-bond donors (Lipinski definition) is 6. The van der Waals surface area contributed by atoms with Crippen LogP contribution in [0.5, 0.6) is 0 Å². The molecule has 11 rings (SSSR count). The zero-order valence-electron chi connectivity index (χ0n) is 37.4. The van der Waals surface area contributed by atoms with Crippen molar-refractivity contribution in [3.63, 3.8) is 0 Å². The largest absolute Gasteiger partial charge is 0.394 e. The number of hydrogen-bond acceptors (Lipinski definition) is 8. The number of rotatable bonds is 6. The fourth-order valence-corrected chi connectivity index (χ4v) is 18.5. The molecule has 16 atom stereocenters. The molecule has 8 heteroatoms. The normalized spacial score (nSPS) is 47.5. The van der Waals surface area contributed by atoms with E-state index in [2.05, 4.69) is 43.9 Å². The Balaban J connectivity index is 1.24. The highest BCUT2D eigenvalue weighted by atomic mass is 16.5. The van der Waals surface area contributed by atoms with Crippen LogP contribution in [0.4, 0.5) is 0 Å². The van der Waals surface area contributed by atoms with Gasteiger partial charge in [0.05, 0.1) is 37.6 Å². The molecule has 0 heterocycles. The number of allylic oxidation sites excluding steroid dienone is 2. The van der Waals surface area contributed by atoms with Crippen LogP contribution in [0.3, 0.4) is 0 Å². The summed E-state index contributed by atoms with van der Waals surface area (Å²) in [7, 11) is 0. The van der Waals surface area contributed by atoms with Crippen molar-refractivity contribution in [3.8, 4) is 11.8 Å². The van der Waals surface area contributed by atoms with Crippen LogP contribution in [0.1, 0.15) is 143 Å². The van der Waals surface area contributed by atoms with E-state index in [1.54, 1.807) is 6.92 Å². The smallest absolute Gasteiger partial charge is 0.159 e. The summed E-state index contributed by atoms with van der Waals surface area (Å²) in [5.41, 5.74) is -0.875. The summed E-state index contributed by atoms with van der Waals surface area (Å²) in [6.45, 7) is 11.1. The van der Waals surface area contributed by atoms with E-state index in [1.807, 2.05) is 26.0 Å². The minimum atomic E-state index is -1.18. The maximum atomic E-state index is 16.3. The molecule has 0 unspecified atom stereocenters.